The molecule has 24 heavy (non-hydrogen) atoms. The zero-order chi connectivity index (χ0) is 17.0. The second-order valence-electron chi connectivity index (χ2n) is 6.11. The standard InChI is InChI=1S/C15H26N4O3S.ClH/c1-17-15(20)14-8-12(10-19(14)2)23(21,22)18-13(9-16)11-6-4-3-5-7-11;/h8,10-11,13,18H,3-7,9,16H2,1-2H3,(H,17,20);1H. The number of carbonyl (C=O) groups is 1. The molecule has 1 fully saturated rings. The number of amides is 1. The van der Waals surface area contributed by atoms with Gasteiger partial charge in [0.2, 0.25) is 10.0 Å². The number of hydrogen-bond acceptors (Lipinski definition) is 4. The molecule has 1 heterocycles. The van der Waals surface area contributed by atoms with Crippen molar-refractivity contribution in [3.05, 3.63) is 18.0 Å². The van der Waals surface area contributed by atoms with Crippen molar-refractivity contribution in [3.63, 3.8) is 0 Å². The van der Waals surface area contributed by atoms with Gasteiger partial charge in [-0.15, -0.1) is 12.4 Å². The molecule has 1 aliphatic rings. The monoisotopic (exact) mass is 378 g/mol. The summed E-state index contributed by atoms with van der Waals surface area (Å²) < 4.78 is 29.5. The van der Waals surface area contributed by atoms with E-state index >= 15 is 0 Å². The van der Waals surface area contributed by atoms with Crippen LogP contribution >= 0.6 is 12.4 Å². The fourth-order valence-corrected chi connectivity index (χ4v) is 4.56. The van der Waals surface area contributed by atoms with Gasteiger partial charge in [-0.25, -0.2) is 13.1 Å². The first kappa shape index (κ1) is 21.0. The van der Waals surface area contributed by atoms with E-state index in [1.54, 1.807) is 7.05 Å². The lowest BCUT2D eigenvalue weighted by atomic mass is 9.84. The molecule has 1 saturated carbocycles. The molecule has 0 saturated heterocycles. The van der Waals surface area contributed by atoms with E-state index in [-0.39, 0.29) is 41.7 Å². The van der Waals surface area contributed by atoms with Crippen LogP contribution in [0.15, 0.2) is 17.2 Å². The van der Waals surface area contributed by atoms with Crippen molar-refractivity contribution in [3.8, 4) is 0 Å². The molecule has 4 N–H and O–H groups in total. The molecule has 0 spiro atoms. The molecule has 0 aromatic carbocycles. The normalized spacial score (nSPS) is 17.1. The summed E-state index contributed by atoms with van der Waals surface area (Å²) >= 11 is 0. The van der Waals surface area contributed by atoms with Gasteiger partial charge in [0.25, 0.3) is 5.91 Å². The molecule has 1 aromatic rings. The van der Waals surface area contributed by atoms with E-state index in [0.29, 0.717) is 5.69 Å². The summed E-state index contributed by atoms with van der Waals surface area (Å²) in [6.45, 7) is 0.277. The van der Waals surface area contributed by atoms with E-state index in [4.69, 9.17) is 5.73 Å². The number of carbonyl (C=O) groups excluding carboxylic acids is 1. The Morgan fingerprint density at radius 2 is 2.00 bits per heavy atom. The number of sulfonamides is 1. The summed E-state index contributed by atoms with van der Waals surface area (Å²) in [5.41, 5.74) is 6.10. The Hall–Kier alpha value is -1.09. The van der Waals surface area contributed by atoms with E-state index in [9.17, 15) is 13.2 Å². The maximum absolute atomic E-state index is 12.6. The summed E-state index contributed by atoms with van der Waals surface area (Å²) in [4.78, 5) is 11.8. The number of rotatable bonds is 6. The highest BCUT2D eigenvalue weighted by molar-refractivity contribution is 7.89. The average molecular weight is 379 g/mol. The van der Waals surface area contributed by atoms with E-state index < -0.39 is 10.0 Å². The van der Waals surface area contributed by atoms with Crippen LogP contribution < -0.4 is 15.8 Å². The number of aromatic nitrogens is 1. The van der Waals surface area contributed by atoms with Gasteiger partial charge in [0.05, 0.1) is 0 Å². The minimum absolute atomic E-state index is 0. The molecule has 9 heteroatoms. The molecule has 0 radical (unpaired) electrons. The molecule has 1 atom stereocenters. The van der Waals surface area contributed by atoms with Crippen molar-refractivity contribution in [2.24, 2.45) is 18.7 Å². The fraction of sp³-hybridized carbons (Fsp3) is 0.667. The van der Waals surface area contributed by atoms with Crippen LogP contribution in [0, 0.1) is 5.92 Å². The first-order valence-electron chi connectivity index (χ1n) is 8.00. The summed E-state index contributed by atoms with van der Waals surface area (Å²) in [6, 6.07) is 1.12. The molecule has 0 bridgehead atoms. The number of nitrogens with one attached hydrogen (secondary N) is 2. The summed E-state index contributed by atoms with van der Waals surface area (Å²) in [7, 11) is -0.542. The zero-order valence-corrected chi connectivity index (χ0v) is 15.8. The lowest BCUT2D eigenvalue weighted by molar-refractivity contribution is 0.0955. The SMILES string of the molecule is CNC(=O)c1cc(S(=O)(=O)NC(CN)C2CCCCC2)cn1C.Cl. The molecule has 1 amide bonds. The number of aryl methyl sites for hydroxylation is 1. The Bertz CT molecular complexity index is 654. The van der Waals surface area contributed by atoms with Gasteiger partial charge in [0.1, 0.15) is 10.6 Å². The summed E-state index contributed by atoms with van der Waals surface area (Å²) in [6.07, 6.45) is 6.89. The highest BCUT2D eigenvalue weighted by Crippen LogP contribution is 2.27. The second kappa shape index (κ2) is 8.84. The van der Waals surface area contributed by atoms with Crippen LogP contribution in [-0.2, 0) is 17.1 Å². The van der Waals surface area contributed by atoms with Gasteiger partial charge in [-0.3, -0.25) is 4.79 Å². The molecule has 1 aliphatic carbocycles. The third kappa shape index (κ3) is 4.72. The van der Waals surface area contributed by atoms with E-state index in [1.807, 2.05) is 0 Å². The molecule has 1 aromatic heterocycles. The number of hydrogen-bond donors (Lipinski definition) is 3. The molecular formula is C15H27ClN4O3S. The maximum Gasteiger partial charge on any atom is 0.267 e. The Morgan fingerprint density at radius 3 is 2.54 bits per heavy atom. The van der Waals surface area contributed by atoms with Gasteiger partial charge >= 0.3 is 0 Å². The van der Waals surface area contributed by atoms with Crippen molar-refractivity contribution in [2.75, 3.05) is 13.6 Å². The molecule has 7 nitrogen and oxygen atoms in total. The number of nitrogens with two attached hydrogens (primary N) is 1. The topological polar surface area (TPSA) is 106 Å². The van der Waals surface area contributed by atoms with Gasteiger partial charge in [-0.05, 0) is 24.8 Å². The van der Waals surface area contributed by atoms with Gasteiger partial charge in [-0.2, -0.15) is 0 Å². The van der Waals surface area contributed by atoms with Gasteiger partial charge < -0.3 is 15.6 Å². The third-order valence-electron chi connectivity index (χ3n) is 4.53. The van der Waals surface area contributed by atoms with Gasteiger partial charge in [0.15, 0.2) is 0 Å². The first-order chi connectivity index (χ1) is 10.9. The Labute approximate surface area is 149 Å². The smallest absolute Gasteiger partial charge is 0.267 e. The van der Waals surface area contributed by atoms with E-state index in [1.165, 1.54) is 30.3 Å². The summed E-state index contributed by atoms with van der Waals surface area (Å²) in [5.74, 6) is -0.0396. The Balaban J connectivity index is 0.00000288. The largest absolute Gasteiger partial charge is 0.354 e. The van der Waals surface area contributed by atoms with Crippen molar-refractivity contribution in [2.45, 2.75) is 43.0 Å². The third-order valence-corrected chi connectivity index (χ3v) is 5.99. The molecule has 0 aliphatic heterocycles. The van der Waals surface area contributed by atoms with Crippen molar-refractivity contribution in [1.29, 1.82) is 0 Å². The van der Waals surface area contributed by atoms with Crippen LogP contribution in [0.4, 0.5) is 0 Å². The van der Waals surface area contributed by atoms with Crippen LogP contribution in [0.2, 0.25) is 0 Å². The maximum atomic E-state index is 12.6. The van der Waals surface area contributed by atoms with Crippen LogP contribution in [0.25, 0.3) is 0 Å². The predicted octanol–water partition coefficient (Wildman–Crippen LogP) is 0.992. The van der Waals surface area contributed by atoms with E-state index in [0.717, 1.165) is 25.7 Å². The van der Waals surface area contributed by atoms with Gasteiger partial charge in [0, 0.05) is 32.9 Å². The Morgan fingerprint density at radius 1 is 1.38 bits per heavy atom. The van der Waals surface area contributed by atoms with Crippen LogP contribution in [-0.4, -0.2) is 38.5 Å². The van der Waals surface area contributed by atoms with E-state index in [2.05, 4.69) is 10.0 Å². The van der Waals surface area contributed by atoms with Gasteiger partial charge in [-0.1, -0.05) is 19.3 Å². The van der Waals surface area contributed by atoms with Crippen LogP contribution in [0.3, 0.4) is 0 Å². The molecule has 1 unspecified atom stereocenters. The minimum Gasteiger partial charge on any atom is -0.354 e. The Kier molecular flexibility index (Phi) is 7.72. The molecule has 138 valence electrons. The average Bonchev–Trinajstić information content (AvgIpc) is 2.95. The first-order valence-corrected chi connectivity index (χ1v) is 9.48. The fourth-order valence-electron chi connectivity index (χ4n) is 3.18. The highest BCUT2D eigenvalue weighted by atomic mass is 35.5. The molecule has 2 rings (SSSR count). The minimum atomic E-state index is -3.70. The molecular weight excluding hydrogens is 352 g/mol. The van der Waals surface area contributed by atoms with Crippen molar-refractivity contribution < 1.29 is 13.2 Å². The lowest BCUT2D eigenvalue weighted by Crippen LogP contribution is -2.45. The van der Waals surface area contributed by atoms with Crippen LogP contribution in [0.5, 0.6) is 0 Å². The predicted molar refractivity (Wildman–Crippen MR) is 95.8 cm³/mol. The second-order valence-corrected chi connectivity index (χ2v) is 7.83. The highest BCUT2D eigenvalue weighted by Gasteiger charge is 2.28. The zero-order valence-electron chi connectivity index (χ0n) is 14.1. The number of nitrogens with zero attached hydrogens (tertiary/aromatic N) is 1. The van der Waals surface area contributed by atoms with Crippen molar-refractivity contribution in [1.82, 2.24) is 14.6 Å². The number of halogens is 1. The quantitative estimate of drug-likeness (QED) is 0.686. The lowest BCUT2D eigenvalue weighted by Gasteiger charge is -2.29. The summed E-state index contributed by atoms with van der Waals surface area (Å²) in [5, 5.41) is 2.50. The van der Waals surface area contributed by atoms with Crippen LogP contribution in [0.1, 0.15) is 42.6 Å². The van der Waals surface area contributed by atoms with Crippen molar-refractivity contribution >= 4 is 28.3 Å².